The molecule has 234 valence electrons. The second kappa shape index (κ2) is 15.5. The molecule has 0 aliphatic heterocycles. The number of fused-ring (bicyclic) bond motifs is 1. The first-order valence-electron chi connectivity index (χ1n) is 14.3. The number of hydrogen-bond acceptors (Lipinski definition) is 8. The van der Waals surface area contributed by atoms with Gasteiger partial charge in [-0.3, -0.25) is 14.4 Å². The third-order valence-corrected chi connectivity index (χ3v) is 7.24. The second-order valence-electron chi connectivity index (χ2n) is 10.5. The van der Waals surface area contributed by atoms with Gasteiger partial charge in [-0.15, -0.1) is 0 Å². The van der Waals surface area contributed by atoms with Gasteiger partial charge in [0.05, 0.1) is 18.7 Å². The van der Waals surface area contributed by atoms with E-state index in [2.05, 4.69) is 40.9 Å². The molecule has 0 bridgehead atoms. The fraction of sp³-hybridized carbons (Fsp3) is 0.379. The Morgan fingerprint density at radius 2 is 1.39 bits per heavy atom. The third kappa shape index (κ3) is 8.75. The Bertz CT molecular complexity index is 1520. The van der Waals surface area contributed by atoms with Crippen molar-refractivity contribution >= 4 is 34.6 Å². The van der Waals surface area contributed by atoms with Crippen molar-refractivity contribution in [3.05, 3.63) is 72.5 Å². The lowest BCUT2D eigenvalue weighted by molar-refractivity contribution is -0.142. The summed E-state index contributed by atoms with van der Waals surface area (Å²) in [6.07, 6.45) is 9.22. The highest BCUT2D eigenvalue weighted by molar-refractivity contribution is 5.94. The Kier molecular flexibility index (Phi) is 11.2. The summed E-state index contributed by atoms with van der Waals surface area (Å²) in [5, 5.41) is 18.5. The molecule has 3 heterocycles. The molecule has 4 aromatic rings. The van der Waals surface area contributed by atoms with Gasteiger partial charge >= 0.3 is 5.97 Å². The average Bonchev–Trinajstić information content (AvgIpc) is 3.79. The molecule has 4 atom stereocenters. The number of para-hydroxylation sites is 1. The maximum absolute atomic E-state index is 13.7. The van der Waals surface area contributed by atoms with Crippen LogP contribution in [0.2, 0.25) is 0 Å². The van der Waals surface area contributed by atoms with Crippen LogP contribution in [0.25, 0.3) is 10.9 Å². The van der Waals surface area contributed by atoms with E-state index in [-0.39, 0.29) is 25.7 Å². The minimum absolute atomic E-state index is 0.00247. The largest absolute Gasteiger partial charge is 0.480 e. The van der Waals surface area contributed by atoms with Gasteiger partial charge in [-0.05, 0) is 43.9 Å². The molecule has 1 aromatic carbocycles. The van der Waals surface area contributed by atoms with Crippen LogP contribution in [0.4, 0.5) is 0 Å². The van der Waals surface area contributed by atoms with Crippen molar-refractivity contribution in [3.63, 3.8) is 0 Å². The number of carbonyl (C=O) groups excluding carboxylic acids is 3. The number of nitrogens with zero attached hydrogens (tertiary/aromatic N) is 2. The van der Waals surface area contributed by atoms with Crippen molar-refractivity contribution in [2.24, 2.45) is 11.5 Å². The number of amides is 3. The van der Waals surface area contributed by atoms with E-state index in [1.54, 1.807) is 6.20 Å². The average molecular weight is 607 g/mol. The fourth-order valence-electron chi connectivity index (χ4n) is 4.85. The lowest BCUT2D eigenvalue weighted by atomic mass is 10.0. The maximum atomic E-state index is 13.7. The molecule has 44 heavy (non-hydrogen) atoms. The van der Waals surface area contributed by atoms with Crippen LogP contribution in [-0.4, -0.2) is 84.4 Å². The zero-order valence-electron chi connectivity index (χ0n) is 24.1. The molecule has 11 N–H and O–H groups in total. The highest BCUT2D eigenvalue weighted by Gasteiger charge is 2.31. The molecule has 15 heteroatoms. The summed E-state index contributed by atoms with van der Waals surface area (Å²) in [6, 6.07) is 3.19. The number of imidazole rings is 2. The van der Waals surface area contributed by atoms with Crippen LogP contribution in [0.1, 0.15) is 36.2 Å². The lowest BCUT2D eigenvalue weighted by Crippen LogP contribution is -2.58. The molecular weight excluding hydrogens is 568 g/mol. The number of nitrogens with two attached hydrogens (primary N) is 2. The van der Waals surface area contributed by atoms with Gasteiger partial charge in [0.2, 0.25) is 17.7 Å². The molecule has 3 aromatic heterocycles. The summed E-state index contributed by atoms with van der Waals surface area (Å²) >= 11 is 0. The quantitative estimate of drug-likeness (QED) is 0.0711. The van der Waals surface area contributed by atoms with E-state index in [4.69, 9.17) is 11.5 Å². The van der Waals surface area contributed by atoms with Gasteiger partial charge in [0.1, 0.15) is 18.1 Å². The zero-order chi connectivity index (χ0) is 31.5. The summed E-state index contributed by atoms with van der Waals surface area (Å²) in [7, 11) is 0. The number of rotatable bonds is 17. The summed E-state index contributed by atoms with van der Waals surface area (Å²) in [5.74, 6) is -3.12. The van der Waals surface area contributed by atoms with Crippen molar-refractivity contribution in [3.8, 4) is 0 Å². The molecule has 0 aliphatic rings. The number of aromatic nitrogens is 5. The number of benzene rings is 1. The van der Waals surface area contributed by atoms with E-state index in [1.165, 1.54) is 25.0 Å². The number of carboxylic acid groups (broad SMARTS) is 1. The van der Waals surface area contributed by atoms with Crippen molar-refractivity contribution in [2.45, 2.75) is 62.7 Å². The molecule has 15 nitrogen and oxygen atoms in total. The molecule has 0 spiro atoms. The lowest BCUT2D eigenvalue weighted by Gasteiger charge is -2.25. The number of nitrogens with one attached hydrogen (secondary N) is 6. The first-order valence-corrected chi connectivity index (χ1v) is 14.3. The maximum Gasteiger partial charge on any atom is 0.326 e. The molecule has 0 saturated carbocycles. The Labute approximate surface area is 253 Å². The SMILES string of the molecule is NCCCCC(NC(=O)C(Cc1cnc[nH]1)NC(=O)C(Cc1cnc[nH]1)NC(=O)C(N)Cc1c[nH]c2ccccc12)C(=O)O. The van der Waals surface area contributed by atoms with E-state index in [1.807, 2.05) is 24.3 Å². The summed E-state index contributed by atoms with van der Waals surface area (Å²) in [5.41, 5.74) is 14.7. The molecule has 0 aliphatic carbocycles. The molecule has 3 amide bonds. The Morgan fingerprint density at radius 3 is 1.95 bits per heavy atom. The minimum atomic E-state index is -1.20. The van der Waals surface area contributed by atoms with Crippen molar-refractivity contribution in [1.82, 2.24) is 40.9 Å². The topological polar surface area (TPSA) is 250 Å². The van der Waals surface area contributed by atoms with E-state index < -0.39 is 47.9 Å². The van der Waals surface area contributed by atoms with Crippen molar-refractivity contribution in [1.29, 1.82) is 0 Å². The predicted octanol–water partition coefficient (Wildman–Crippen LogP) is -0.363. The number of carbonyl (C=O) groups is 4. The molecular formula is C29H38N10O5. The van der Waals surface area contributed by atoms with Gasteiger partial charge in [0.25, 0.3) is 0 Å². The van der Waals surface area contributed by atoms with Crippen LogP contribution < -0.4 is 27.4 Å². The highest BCUT2D eigenvalue weighted by Crippen LogP contribution is 2.19. The van der Waals surface area contributed by atoms with Crippen LogP contribution in [0, 0.1) is 0 Å². The first-order chi connectivity index (χ1) is 21.2. The fourth-order valence-corrected chi connectivity index (χ4v) is 4.85. The molecule has 4 rings (SSSR count). The normalized spacial score (nSPS) is 14.0. The van der Waals surface area contributed by atoms with Crippen LogP contribution in [-0.2, 0) is 38.4 Å². The minimum Gasteiger partial charge on any atom is -0.480 e. The van der Waals surface area contributed by atoms with Crippen LogP contribution in [0.5, 0.6) is 0 Å². The molecule has 4 unspecified atom stereocenters. The molecule has 0 fully saturated rings. The number of unbranched alkanes of at least 4 members (excludes halogenated alkanes) is 1. The number of carboxylic acids is 1. The van der Waals surface area contributed by atoms with Crippen molar-refractivity contribution < 1.29 is 24.3 Å². The van der Waals surface area contributed by atoms with Crippen molar-refractivity contribution in [2.75, 3.05) is 6.54 Å². The third-order valence-electron chi connectivity index (χ3n) is 7.24. The number of aliphatic carboxylic acids is 1. The van der Waals surface area contributed by atoms with Gasteiger partial charge < -0.3 is 47.5 Å². The van der Waals surface area contributed by atoms with Gasteiger partial charge in [-0.1, -0.05) is 18.2 Å². The van der Waals surface area contributed by atoms with Gasteiger partial charge in [0.15, 0.2) is 0 Å². The van der Waals surface area contributed by atoms with Crippen LogP contribution >= 0.6 is 0 Å². The van der Waals surface area contributed by atoms with Crippen LogP contribution in [0.15, 0.2) is 55.5 Å². The van der Waals surface area contributed by atoms with Gasteiger partial charge in [0, 0.05) is 53.7 Å². The van der Waals surface area contributed by atoms with E-state index in [0.29, 0.717) is 30.8 Å². The molecule has 0 saturated heterocycles. The Morgan fingerprint density at radius 1 is 0.795 bits per heavy atom. The summed E-state index contributed by atoms with van der Waals surface area (Å²) < 4.78 is 0. The smallest absolute Gasteiger partial charge is 0.326 e. The highest BCUT2D eigenvalue weighted by atomic mass is 16.4. The molecule has 0 radical (unpaired) electrons. The number of hydrogen-bond donors (Lipinski definition) is 9. The number of aromatic amines is 3. The second-order valence-corrected chi connectivity index (χ2v) is 10.5. The van der Waals surface area contributed by atoms with Crippen LogP contribution in [0.3, 0.4) is 0 Å². The van der Waals surface area contributed by atoms with Gasteiger partial charge in [-0.2, -0.15) is 0 Å². The number of H-pyrrole nitrogens is 3. The zero-order valence-corrected chi connectivity index (χ0v) is 24.1. The summed E-state index contributed by atoms with van der Waals surface area (Å²) in [6.45, 7) is 0.396. The Hall–Kier alpha value is -5.02. The van der Waals surface area contributed by atoms with Gasteiger partial charge in [-0.25, -0.2) is 14.8 Å². The predicted molar refractivity (Wildman–Crippen MR) is 161 cm³/mol. The van der Waals surface area contributed by atoms with E-state index >= 15 is 0 Å². The summed E-state index contributed by atoms with van der Waals surface area (Å²) in [4.78, 5) is 69.0. The Balaban J connectivity index is 1.48. The van der Waals surface area contributed by atoms with E-state index in [0.717, 1.165) is 16.5 Å². The first kappa shape index (κ1) is 31.9. The van der Waals surface area contributed by atoms with E-state index in [9.17, 15) is 24.3 Å². The standard InChI is InChI=1S/C29H38N10O5/c30-8-4-3-7-23(29(43)44)37-27(41)25(11-19-14-33-16-36-19)39-28(42)24(10-18-13-32-15-35-18)38-26(40)21(31)9-17-12-34-22-6-2-1-5-20(17)22/h1-2,5-6,12-16,21,23-25,34H,3-4,7-11,30-31H2,(H,32,35)(H,33,36)(H,37,41)(H,38,40)(H,39,42)(H,43,44). The monoisotopic (exact) mass is 606 g/mol.